The number of amides is 1. The third kappa shape index (κ3) is 2.65. The average molecular weight is 347 g/mol. The lowest BCUT2D eigenvalue weighted by Crippen LogP contribution is -2.14. The molecule has 0 aliphatic heterocycles. The summed E-state index contributed by atoms with van der Waals surface area (Å²) in [5, 5.41) is 7.53. The molecule has 0 atom stereocenters. The fraction of sp³-hybridized carbons (Fsp3) is 0.150. The second-order valence-electron chi connectivity index (χ2n) is 6.18. The zero-order chi connectivity index (χ0) is 18.3. The molecule has 3 aromatic heterocycles. The Balaban J connectivity index is 1.83. The lowest BCUT2D eigenvalue weighted by Gasteiger charge is -2.11. The molecule has 6 nitrogen and oxygen atoms in total. The van der Waals surface area contributed by atoms with Gasteiger partial charge in [-0.15, -0.1) is 0 Å². The van der Waals surface area contributed by atoms with Crippen LogP contribution in [0.25, 0.3) is 22.6 Å². The van der Waals surface area contributed by atoms with Gasteiger partial charge < -0.3 is 14.3 Å². The molecule has 1 amide bonds. The van der Waals surface area contributed by atoms with Gasteiger partial charge in [-0.2, -0.15) is 0 Å². The lowest BCUT2D eigenvalue weighted by atomic mass is 10.1. The molecule has 3 heterocycles. The van der Waals surface area contributed by atoms with Gasteiger partial charge in [-0.3, -0.25) is 4.79 Å². The van der Waals surface area contributed by atoms with E-state index in [1.165, 1.54) is 0 Å². The number of aryl methyl sites for hydroxylation is 2. The molecule has 1 N–H and O–H groups in total. The first kappa shape index (κ1) is 16.1. The first-order chi connectivity index (χ1) is 12.5. The fourth-order valence-corrected chi connectivity index (χ4v) is 2.90. The number of carbonyl (C=O) groups excluding carboxylic acids is 1. The van der Waals surface area contributed by atoms with Crippen LogP contribution >= 0.6 is 0 Å². The minimum absolute atomic E-state index is 0.245. The Kier molecular flexibility index (Phi) is 3.80. The quantitative estimate of drug-likeness (QED) is 0.583. The van der Waals surface area contributed by atoms with Crippen LogP contribution in [0, 0.1) is 20.8 Å². The summed E-state index contributed by atoms with van der Waals surface area (Å²) in [5.41, 5.74) is 4.80. The molecule has 0 fully saturated rings. The molecule has 130 valence electrons. The van der Waals surface area contributed by atoms with E-state index in [0.717, 1.165) is 16.8 Å². The number of hydrogen-bond acceptors (Lipinski definition) is 5. The van der Waals surface area contributed by atoms with Gasteiger partial charge in [0, 0.05) is 5.69 Å². The number of rotatable bonds is 3. The van der Waals surface area contributed by atoms with Crippen molar-refractivity contribution >= 4 is 22.7 Å². The Morgan fingerprint density at radius 2 is 1.96 bits per heavy atom. The molecule has 0 radical (unpaired) electrons. The molecule has 6 heteroatoms. The largest absolute Gasteiger partial charge is 0.463 e. The van der Waals surface area contributed by atoms with E-state index in [1.807, 2.05) is 32.0 Å². The number of nitrogens with zero attached hydrogens (tertiary/aromatic N) is 2. The first-order valence-corrected chi connectivity index (χ1v) is 8.23. The Morgan fingerprint density at radius 1 is 1.12 bits per heavy atom. The summed E-state index contributed by atoms with van der Waals surface area (Å²) in [5.74, 6) is 0.312. The number of hydrogen-bond donors (Lipinski definition) is 1. The highest BCUT2D eigenvalue weighted by Gasteiger charge is 2.20. The van der Waals surface area contributed by atoms with Gasteiger partial charge in [0.1, 0.15) is 5.69 Å². The normalized spacial score (nSPS) is 11.0. The van der Waals surface area contributed by atoms with Gasteiger partial charge >= 0.3 is 0 Å². The number of anilines is 1. The minimum atomic E-state index is -0.245. The van der Waals surface area contributed by atoms with Gasteiger partial charge in [0.05, 0.1) is 22.9 Å². The highest BCUT2D eigenvalue weighted by Crippen LogP contribution is 2.28. The van der Waals surface area contributed by atoms with Gasteiger partial charge in [0.25, 0.3) is 11.6 Å². The SMILES string of the molecule is Cc1cccc(NC(=O)c2cc(-c3ccco3)nc3onc(C)c23)c1C. The fourth-order valence-electron chi connectivity index (χ4n) is 2.90. The zero-order valence-electron chi connectivity index (χ0n) is 14.7. The van der Waals surface area contributed by atoms with Gasteiger partial charge in [0.2, 0.25) is 0 Å². The Hall–Kier alpha value is -3.41. The molecule has 4 aromatic rings. The van der Waals surface area contributed by atoms with Gasteiger partial charge in [0.15, 0.2) is 5.76 Å². The smallest absolute Gasteiger partial charge is 0.259 e. The molecule has 0 unspecified atom stereocenters. The average Bonchev–Trinajstić information content (AvgIpc) is 3.28. The van der Waals surface area contributed by atoms with E-state index >= 15 is 0 Å². The molecule has 0 spiro atoms. The highest BCUT2D eigenvalue weighted by molar-refractivity contribution is 6.13. The van der Waals surface area contributed by atoms with E-state index in [0.29, 0.717) is 33.8 Å². The van der Waals surface area contributed by atoms with E-state index in [9.17, 15) is 4.79 Å². The van der Waals surface area contributed by atoms with E-state index < -0.39 is 0 Å². The van der Waals surface area contributed by atoms with Crippen LogP contribution < -0.4 is 5.32 Å². The maximum Gasteiger partial charge on any atom is 0.259 e. The van der Waals surface area contributed by atoms with Crippen molar-refractivity contribution in [1.82, 2.24) is 10.1 Å². The standard InChI is InChI=1S/C20H17N3O3/c1-11-6-4-7-15(12(11)2)21-19(24)14-10-16(17-8-5-9-25-17)22-20-18(14)13(3)23-26-20/h4-10H,1-3H3,(H,21,24). The van der Waals surface area contributed by atoms with Crippen molar-refractivity contribution in [3.05, 3.63) is 65.0 Å². The molecule has 0 saturated carbocycles. The molecule has 0 saturated heterocycles. The summed E-state index contributed by atoms with van der Waals surface area (Å²) in [4.78, 5) is 17.4. The van der Waals surface area contributed by atoms with Crippen LogP contribution in [0.15, 0.2) is 51.6 Å². The van der Waals surface area contributed by atoms with Gasteiger partial charge in [-0.1, -0.05) is 17.3 Å². The topological polar surface area (TPSA) is 81.2 Å². The number of nitrogens with one attached hydrogen (secondary N) is 1. The second-order valence-corrected chi connectivity index (χ2v) is 6.18. The molecule has 0 bridgehead atoms. The van der Waals surface area contributed by atoms with Crippen molar-refractivity contribution in [2.45, 2.75) is 20.8 Å². The maximum atomic E-state index is 13.0. The van der Waals surface area contributed by atoms with E-state index in [2.05, 4.69) is 15.5 Å². The maximum absolute atomic E-state index is 13.0. The third-order valence-corrected chi connectivity index (χ3v) is 4.49. The van der Waals surface area contributed by atoms with Crippen LogP contribution in [-0.4, -0.2) is 16.0 Å². The number of carbonyl (C=O) groups is 1. The molecule has 0 aliphatic rings. The van der Waals surface area contributed by atoms with Crippen molar-refractivity contribution in [2.24, 2.45) is 0 Å². The minimum Gasteiger partial charge on any atom is -0.463 e. The molecular weight excluding hydrogens is 330 g/mol. The van der Waals surface area contributed by atoms with Crippen molar-refractivity contribution in [3.8, 4) is 11.5 Å². The predicted molar refractivity (Wildman–Crippen MR) is 98.1 cm³/mol. The number of fused-ring (bicyclic) bond motifs is 1. The first-order valence-electron chi connectivity index (χ1n) is 8.23. The van der Waals surface area contributed by atoms with Crippen molar-refractivity contribution in [2.75, 3.05) is 5.32 Å². The summed E-state index contributed by atoms with van der Waals surface area (Å²) >= 11 is 0. The van der Waals surface area contributed by atoms with E-state index in [1.54, 1.807) is 31.4 Å². The summed E-state index contributed by atoms with van der Waals surface area (Å²) in [6.07, 6.45) is 1.56. The Morgan fingerprint density at radius 3 is 2.73 bits per heavy atom. The van der Waals surface area contributed by atoms with Crippen LogP contribution in [0.1, 0.15) is 27.2 Å². The zero-order valence-corrected chi connectivity index (χ0v) is 14.7. The summed E-state index contributed by atoms with van der Waals surface area (Å²) < 4.78 is 10.7. The van der Waals surface area contributed by atoms with Gasteiger partial charge in [-0.25, -0.2) is 4.98 Å². The Labute approximate surface area is 149 Å². The number of benzene rings is 1. The summed E-state index contributed by atoms with van der Waals surface area (Å²) in [6, 6.07) is 11.1. The molecule has 26 heavy (non-hydrogen) atoms. The van der Waals surface area contributed by atoms with Crippen LogP contribution in [0.3, 0.4) is 0 Å². The van der Waals surface area contributed by atoms with Crippen LogP contribution in [0.5, 0.6) is 0 Å². The van der Waals surface area contributed by atoms with Crippen LogP contribution in [0.2, 0.25) is 0 Å². The van der Waals surface area contributed by atoms with Gasteiger partial charge in [-0.05, 0) is 56.2 Å². The molecule has 1 aromatic carbocycles. The molecular formula is C20H17N3O3. The van der Waals surface area contributed by atoms with E-state index in [-0.39, 0.29) is 5.91 Å². The predicted octanol–water partition coefficient (Wildman–Crippen LogP) is 4.66. The molecule has 0 aliphatic carbocycles. The summed E-state index contributed by atoms with van der Waals surface area (Å²) in [6.45, 7) is 5.77. The number of furan rings is 1. The van der Waals surface area contributed by atoms with Crippen LogP contribution in [-0.2, 0) is 0 Å². The van der Waals surface area contributed by atoms with Crippen molar-refractivity contribution < 1.29 is 13.7 Å². The third-order valence-electron chi connectivity index (χ3n) is 4.49. The monoisotopic (exact) mass is 347 g/mol. The van der Waals surface area contributed by atoms with Crippen molar-refractivity contribution in [1.29, 1.82) is 0 Å². The number of aromatic nitrogens is 2. The Bertz CT molecular complexity index is 1110. The van der Waals surface area contributed by atoms with E-state index in [4.69, 9.17) is 8.94 Å². The number of pyridine rings is 1. The van der Waals surface area contributed by atoms with Crippen molar-refractivity contribution in [3.63, 3.8) is 0 Å². The van der Waals surface area contributed by atoms with Crippen LogP contribution in [0.4, 0.5) is 5.69 Å². The second kappa shape index (κ2) is 6.15. The lowest BCUT2D eigenvalue weighted by molar-refractivity contribution is 0.102. The molecule has 4 rings (SSSR count). The highest BCUT2D eigenvalue weighted by atomic mass is 16.5. The summed E-state index contributed by atoms with van der Waals surface area (Å²) in [7, 11) is 0.